The second-order valence-corrected chi connectivity index (χ2v) is 6.85. The fourth-order valence-corrected chi connectivity index (χ4v) is 3.38. The van der Waals surface area contributed by atoms with Crippen molar-refractivity contribution in [3.8, 4) is 0 Å². The van der Waals surface area contributed by atoms with Gasteiger partial charge < -0.3 is 10.1 Å². The highest BCUT2D eigenvalue weighted by molar-refractivity contribution is 6.30. The number of rotatable bonds is 6. The van der Waals surface area contributed by atoms with Gasteiger partial charge in [-0.25, -0.2) is 0 Å². The first-order valence-corrected chi connectivity index (χ1v) is 8.60. The zero-order chi connectivity index (χ0) is 16.1. The maximum Gasteiger partial charge on any atom is 0.0559 e. The third kappa shape index (κ3) is 4.14. The van der Waals surface area contributed by atoms with Crippen LogP contribution >= 0.6 is 11.6 Å². The molecule has 1 atom stereocenters. The lowest BCUT2D eigenvalue weighted by atomic mass is 9.74. The largest absolute Gasteiger partial charge is 0.381 e. The molecule has 1 N–H and O–H groups in total. The summed E-state index contributed by atoms with van der Waals surface area (Å²) < 4.78 is 7.56. The van der Waals surface area contributed by atoms with Crippen LogP contribution in [0.2, 0.25) is 5.02 Å². The summed E-state index contributed by atoms with van der Waals surface area (Å²) in [5.74, 6) is 0. The minimum Gasteiger partial charge on any atom is -0.381 e. The topological polar surface area (TPSA) is 39.1 Å². The van der Waals surface area contributed by atoms with E-state index in [1.165, 1.54) is 5.56 Å². The molecule has 1 aliphatic heterocycles. The first-order valence-electron chi connectivity index (χ1n) is 8.23. The van der Waals surface area contributed by atoms with Crippen molar-refractivity contribution in [2.45, 2.75) is 37.8 Å². The molecule has 0 bridgehead atoms. The van der Waals surface area contributed by atoms with Crippen molar-refractivity contribution >= 4 is 11.6 Å². The van der Waals surface area contributed by atoms with Gasteiger partial charge in [0.05, 0.1) is 6.54 Å². The highest BCUT2D eigenvalue weighted by Gasteiger charge is 2.34. The molecule has 1 aromatic carbocycles. The van der Waals surface area contributed by atoms with Crippen molar-refractivity contribution in [3.05, 3.63) is 53.3 Å². The Morgan fingerprint density at radius 1 is 1.30 bits per heavy atom. The molecule has 0 aliphatic carbocycles. The van der Waals surface area contributed by atoms with E-state index in [2.05, 4.69) is 29.5 Å². The molecule has 2 aromatic rings. The number of nitrogens with zero attached hydrogens (tertiary/aromatic N) is 2. The van der Waals surface area contributed by atoms with Gasteiger partial charge in [-0.2, -0.15) is 5.10 Å². The Balaban J connectivity index is 1.68. The summed E-state index contributed by atoms with van der Waals surface area (Å²) in [4.78, 5) is 0. The lowest BCUT2D eigenvalue weighted by molar-refractivity contribution is 0.0488. The third-order valence-electron chi connectivity index (χ3n) is 4.72. The van der Waals surface area contributed by atoms with E-state index in [-0.39, 0.29) is 5.41 Å². The molecule has 1 aromatic heterocycles. The summed E-state index contributed by atoms with van der Waals surface area (Å²) in [6.45, 7) is 5.66. The Morgan fingerprint density at radius 3 is 2.70 bits per heavy atom. The maximum absolute atomic E-state index is 6.05. The number of hydrogen-bond acceptors (Lipinski definition) is 3. The van der Waals surface area contributed by atoms with E-state index in [9.17, 15) is 0 Å². The van der Waals surface area contributed by atoms with Crippen molar-refractivity contribution in [3.63, 3.8) is 0 Å². The van der Waals surface area contributed by atoms with Gasteiger partial charge >= 0.3 is 0 Å². The van der Waals surface area contributed by atoms with Crippen LogP contribution in [0.4, 0.5) is 0 Å². The molecule has 124 valence electrons. The highest BCUT2D eigenvalue weighted by atomic mass is 35.5. The van der Waals surface area contributed by atoms with Gasteiger partial charge in [0, 0.05) is 48.6 Å². The van der Waals surface area contributed by atoms with Crippen LogP contribution in [0.5, 0.6) is 0 Å². The third-order valence-corrected chi connectivity index (χ3v) is 4.97. The van der Waals surface area contributed by atoms with Crippen LogP contribution in [0.25, 0.3) is 0 Å². The van der Waals surface area contributed by atoms with Crippen molar-refractivity contribution in [2.24, 2.45) is 0 Å². The average Bonchev–Trinajstić information content (AvgIpc) is 3.07. The van der Waals surface area contributed by atoms with Gasteiger partial charge in [-0.1, -0.05) is 23.7 Å². The summed E-state index contributed by atoms with van der Waals surface area (Å²) in [5.41, 5.74) is 1.48. The van der Waals surface area contributed by atoms with Crippen molar-refractivity contribution in [1.82, 2.24) is 15.1 Å². The van der Waals surface area contributed by atoms with E-state index in [0.29, 0.717) is 6.04 Å². The first-order chi connectivity index (χ1) is 11.2. The zero-order valence-corrected chi connectivity index (χ0v) is 14.3. The van der Waals surface area contributed by atoms with Crippen molar-refractivity contribution < 1.29 is 4.74 Å². The monoisotopic (exact) mass is 333 g/mol. The molecule has 1 saturated heterocycles. The standard InChI is InChI=1S/C18H24ClN3O/c1-15(13-22-10-2-9-21-22)20-14-18(7-11-23-12-8-18)16-3-5-17(19)6-4-16/h2-6,9-10,15,20H,7-8,11-14H2,1H3/t15-/m1/s1. The van der Waals surface area contributed by atoms with E-state index in [0.717, 1.165) is 44.2 Å². The predicted octanol–water partition coefficient (Wildman–Crippen LogP) is 3.26. The zero-order valence-electron chi connectivity index (χ0n) is 13.5. The molecule has 2 heterocycles. The van der Waals surface area contributed by atoms with Gasteiger partial charge in [-0.05, 0) is 43.5 Å². The highest BCUT2D eigenvalue weighted by Crippen LogP contribution is 2.35. The van der Waals surface area contributed by atoms with E-state index >= 15 is 0 Å². The van der Waals surface area contributed by atoms with Gasteiger partial charge in [-0.3, -0.25) is 4.68 Å². The molecule has 23 heavy (non-hydrogen) atoms. The Morgan fingerprint density at radius 2 is 2.04 bits per heavy atom. The Bertz CT molecular complexity index is 591. The number of aromatic nitrogens is 2. The molecule has 3 rings (SSSR count). The summed E-state index contributed by atoms with van der Waals surface area (Å²) in [6, 6.07) is 10.6. The van der Waals surface area contributed by atoms with E-state index in [4.69, 9.17) is 16.3 Å². The molecular formula is C18H24ClN3O. The summed E-state index contributed by atoms with van der Waals surface area (Å²) >= 11 is 6.05. The predicted molar refractivity (Wildman–Crippen MR) is 92.9 cm³/mol. The molecule has 0 amide bonds. The van der Waals surface area contributed by atoms with Gasteiger partial charge in [0.15, 0.2) is 0 Å². The molecule has 5 heteroatoms. The second kappa shape index (κ2) is 7.47. The summed E-state index contributed by atoms with van der Waals surface area (Å²) in [6.07, 6.45) is 5.90. The smallest absolute Gasteiger partial charge is 0.0559 e. The van der Waals surface area contributed by atoms with Gasteiger partial charge in [0.25, 0.3) is 0 Å². The number of halogens is 1. The van der Waals surface area contributed by atoms with Crippen LogP contribution in [0.15, 0.2) is 42.7 Å². The van der Waals surface area contributed by atoms with Crippen molar-refractivity contribution in [2.75, 3.05) is 19.8 Å². The fourth-order valence-electron chi connectivity index (χ4n) is 3.26. The van der Waals surface area contributed by atoms with E-state index in [1.807, 2.05) is 35.3 Å². The van der Waals surface area contributed by atoms with Crippen LogP contribution in [-0.2, 0) is 16.7 Å². The van der Waals surface area contributed by atoms with Crippen LogP contribution in [0, 0.1) is 0 Å². The fraction of sp³-hybridized carbons (Fsp3) is 0.500. The molecule has 4 nitrogen and oxygen atoms in total. The van der Waals surface area contributed by atoms with Crippen LogP contribution in [0.1, 0.15) is 25.3 Å². The molecule has 0 spiro atoms. The van der Waals surface area contributed by atoms with Crippen LogP contribution in [0.3, 0.4) is 0 Å². The van der Waals surface area contributed by atoms with E-state index in [1.54, 1.807) is 0 Å². The minimum atomic E-state index is 0.126. The minimum absolute atomic E-state index is 0.126. The maximum atomic E-state index is 6.05. The van der Waals surface area contributed by atoms with Gasteiger partial charge in [0.1, 0.15) is 0 Å². The van der Waals surface area contributed by atoms with Gasteiger partial charge in [-0.15, -0.1) is 0 Å². The summed E-state index contributed by atoms with van der Waals surface area (Å²) in [7, 11) is 0. The SMILES string of the molecule is C[C@H](Cn1cccn1)NCC1(c2ccc(Cl)cc2)CCOCC1. The molecule has 1 aliphatic rings. The van der Waals surface area contributed by atoms with Gasteiger partial charge in [0.2, 0.25) is 0 Å². The molecular weight excluding hydrogens is 310 g/mol. The lowest BCUT2D eigenvalue weighted by Crippen LogP contribution is -2.46. The normalized spacial score (nSPS) is 18.7. The molecule has 1 fully saturated rings. The molecule has 0 radical (unpaired) electrons. The quantitative estimate of drug-likeness (QED) is 0.882. The second-order valence-electron chi connectivity index (χ2n) is 6.41. The first kappa shape index (κ1) is 16.5. The van der Waals surface area contributed by atoms with E-state index < -0.39 is 0 Å². The molecule has 0 unspecified atom stereocenters. The average molecular weight is 334 g/mol. The van der Waals surface area contributed by atoms with Crippen LogP contribution in [-0.4, -0.2) is 35.6 Å². The number of hydrogen-bond donors (Lipinski definition) is 1. The summed E-state index contributed by atoms with van der Waals surface area (Å²) in [5, 5.41) is 8.76. The Hall–Kier alpha value is -1.36. The van der Waals surface area contributed by atoms with Crippen molar-refractivity contribution in [1.29, 1.82) is 0 Å². The lowest BCUT2D eigenvalue weighted by Gasteiger charge is -2.39. The number of benzene rings is 1. The number of nitrogens with one attached hydrogen (secondary N) is 1. The Labute approximate surface area is 142 Å². The van der Waals surface area contributed by atoms with Crippen LogP contribution < -0.4 is 5.32 Å². The number of ether oxygens (including phenoxy) is 1. The molecule has 0 saturated carbocycles. The Kier molecular flexibility index (Phi) is 5.36.